The van der Waals surface area contributed by atoms with Gasteiger partial charge in [-0.2, -0.15) is 0 Å². The zero-order chi connectivity index (χ0) is 17.1. The van der Waals surface area contributed by atoms with Gasteiger partial charge in [-0.3, -0.25) is 10.1 Å². The second-order valence-corrected chi connectivity index (χ2v) is 5.09. The Labute approximate surface area is 132 Å². The summed E-state index contributed by atoms with van der Waals surface area (Å²) in [6, 6.07) is 8.95. The summed E-state index contributed by atoms with van der Waals surface area (Å²) in [5.41, 5.74) is 6.74. The summed E-state index contributed by atoms with van der Waals surface area (Å²) < 4.78 is 0. The molecule has 0 aliphatic heterocycles. The SMILES string of the molecule is CN(C)c1ccc(Nc2ccc(N)cc2[N+](=O)[O-])c(C(=O)O)c1. The molecule has 8 heteroatoms. The number of nitro groups is 1. The number of hydrogen-bond acceptors (Lipinski definition) is 6. The van der Waals surface area contributed by atoms with E-state index in [1.165, 1.54) is 24.3 Å². The lowest BCUT2D eigenvalue weighted by molar-refractivity contribution is -0.383. The molecular weight excluding hydrogens is 300 g/mol. The van der Waals surface area contributed by atoms with Gasteiger partial charge in [0.25, 0.3) is 5.69 Å². The predicted molar refractivity (Wildman–Crippen MR) is 88.5 cm³/mol. The summed E-state index contributed by atoms with van der Waals surface area (Å²) in [6.07, 6.45) is 0. The first-order valence-electron chi connectivity index (χ1n) is 6.65. The van der Waals surface area contributed by atoms with Crippen molar-refractivity contribution in [3.05, 3.63) is 52.1 Å². The molecule has 0 heterocycles. The Balaban J connectivity index is 2.48. The summed E-state index contributed by atoms with van der Waals surface area (Å²) in [5.74, 6) is -1.13. The van der Waals surface area contributed by atoms with E-state index >= 15 is 0 Å². The molecule has 8 nitrogen and oxygen atoms in total. The number of nitrogens with zero attached hydrogens (tertiary/aromatic N) is 2. The fraction of sp³-hybridized carbons (Fsp3) is 0.133. The molecule has 0 aliphatic carbocycles. The largest absolute Gasteiger partial charge is 0.478 e. The van der Waals surface area contributed by atoms with E-state index in [4.69, 9.17) is 5.73 Å². The minimum Gasteiger partial charge on any atom is -0.478 e. The Hall–Kier alpha value is -3.29. The normalized spacial score (nSPS) is 10.2. The molecule has 2 aromatic rings. The molecule has 0 saturated heterocycles. The third-order valence-corrected chi connectivity index (χ3v) is 3.24. The molecule has 0 spiro atoms. The number of nitrogens with two attached hydrogens (primary N) is 1. The van der Waals surface area contributed by atoms with Crippen LogP contribution in [0.4, 0.5) is 28.4 Å². The highest BCUT2D eigenvalue weighted by atomic mass is 16.6. The molecule has 120 valence electrons. The Kier molecular flexibility index (Phi) is 4.35. The first-order valence-corrected chi connectivity index (χ1v) is 6.65. The van der Waals surface area contributed by atoms with Gasteiger partial charge in [0.15, 0.2) is 0 Å². The number of carboxylic acids is 1. The molecule has 2 rings (SSSR count). The fourth-order valence-corrected chi connectivity index (χ4v) is 2.05. The van der Waals surface area contributed by atoms with Gasteiger partial charge in [-0.25, -0.2) is 4.79 Å². The van der Waals surface area contributed by atoms with Crippen LogP contribution in [-0.4, -0.2) is 30.1 Å². The maximum absolute atomic E-state index is 11.4. The van der Waals surface area contributed by atoms with Gasteiger partial charge in [-0.05, 0) is 30.3 Å². The number of benzene rings is 2. The van der Waals surface area contributed by atoms with E-state index in [9.17, 15) is 20.0 Å². The standard InChI is InChI=1S/C15H16N4O4/c1-18(2)10-4-6-12(11(8-10)15(20)21)17-13-5-3-9(16)7-14(13)19(22)23/h3-8,17H,16H2,1-2H3,(H,20,21). The van der Waals surface area contributed by atoms with Crippen molar-refractivity contribution in [3.63, 3.8) is 0 Å². The molecule has 2 aromatic carbocycles. The van der Waals surface area contributed by atoms with Crippen LogP contribution < -0.4 is 16.0 Å². The van der Waals surface area contributed by atoms with Crippen LogP contribution in [0.2, 0.25) is 0 Å². The van der Waals surface area contributed by atoms with Crippen LogP contribution in [0.5, 0.6) is 0 Å². The minimum absolute atomic E-state index is 0.0160. The van der Waals surface area contributed by atoms with Crippen LogP contribution in [0, 0.1) is 10.1 Å². The van der Waals surface area contributed by atoms with Gasteiger partial charge in [-0.15, -0.1) is 0 Å². The van der Waals surface area contributed by atoms with Crippen molar-refractivity contribution < 1.29 is 14.8 Å². The van der Waals surface area contributed by atoms with Crippen LogP contribution in [0.1, 0.15) is 10.4 Å². The van der Waals surface area contributed by atoms with Gasteiger partial charge >= 0.3 is 5.97 Å². The molecule has 23 heavy (non-hydrogen) atoms. The summed E-state index contributed by atoms with van der Waals surface area (Å²) >= 11 is 0. The van der Waals surface area contributed by atoms with Crippen LogP contribution in [0.25, 0.3) is 0 Å². The third-order valence-electron chi connectivity index (χ3n) is 3.24. The average molecular weight is 316 g/mol. The van der Waals surface area contributed by atoms with Crippen molar-refractivity contribution in [1.29, 1.82) is 0 Å². The summed E-state index contributed by atoms with van der Waals surface area (Å²) in [4.78, 5) is 23.8. The molecule has 0 radical (unpaired) electrons. The number of rotatable bonds is 5. The number of aromatic carboxylic acids is 1. The molecule has 0 aliphatic rings. The highest BCUT2D eigenvalue weighted by Gasteiger charge is 2.18. The van der Waals surface area contributed by atoms with E-state index in [0.29, 0.717) is 5.69 Å². The van der Waals surface area contributed by atoms with Gasteiger partial charge in [0.2, 0.25) is 0 Å². The van der Waals surface area contributed by atoms with Gasteiger partial charge < -0.3 is 21.1 Å². The second-order valence-electron chi connectivity index (χ2n) is 5.09. The van der Waals surface area contributed by atoms with Crippen molar-refractivity contribution in [2.75, 3.05) is 30.0 Å². The molecule has 0 unspecified atom stereocenters. The zero-order valence-electron chi connectivity index (χ0n) is 12.6. The number of nitro benzene ring substituents is 1. The van der Waals surface area contributed by atoms with Crippen molar-refractivity contribution in [1.82, 2.24) is 0 Å². The summed E-state index contributed by atoms with van der Waals surface area (Å²) in [7, 11) is 3.58. The van der Waals surface area contributed by atoms with Gasteiger partial charge in [0, 0.05) is 31.5 Å². The van der Waals surface area contributed by atoms with Crippen molar-refractivity contribution >= 4 is 34.4 Å². The summed E-state index contributed by atoms with van der Waals surface area (Å²) in [5, 5.41) is 23.3. The molecule has 4 N–H and O–H groups in total. The molecular formula is C15H16N4O4. The quantitative estimate of drug-likeness (QED) is 0.440. The smallest absolute Gasteiger partial charge is 0.337 e. The van der Waals surface area contributed by atoms with Gasteiger partial charge in [0.1, 0.15) is 5.69 Å². The highest BCUT2D eigenvalue weighted by molar-refractivity contribution is 5.97. The molecule has 0 saturated carbocycles. The number of carbonyl (C=O) groups is 1. The van der Waals surface area contributed by atoms with E-state index in [-0.39, 0.29) is 28.3 Å². The number of nitrogens with one attached hydrogen (secondary N) is 1. The number of nitrogen functional groups attached to an aromatic ring is 1. The van der Waals surface area contributed by atoms with E-state index in [1.807, 2.05) is 0 Å². The monoisotopic (exact) mass is 316 g/mol. The highest BCUT2D eigenvalue weighted by Crippen LogP contribution is 2.32. The fourth-order valence-electron chi connectivity index (χ4n) is 2.05. The van der Waals surface area contributed by atoms with Gasteiger partial charge in [0.05, 0.1) is 16.2 Å². The predicted octanol–water partition coefficient (Wildman–Crippen LogP) is 2.68. The lowest BCUT2D eigenvalue weighted by atomic mass is 10.1. The zero-order valence-corrected chi connectivity index (χ0v) is 12.6. The average Bonchev–Trinajstić information content (AvgIpc) is 2.48. The van der Waals surface area contributed by atoms with Crippen LogP contribution in [0.15, 0.2) is 36.4 Å². The maximum atomic E-state index is 11.4. The summed E-state index contributed by atoms with van der Waals surface area (Å²) in [6.45, 7) is 0. The molecule has 0 bridgehead atoms. The number of carboxylic acid groups (broad SMARTS) is 1. The number of hydrogen-bond donors (Lipinski definition) is 3. The first-order chi connectivity index (χ1) is 10.8. The molecule has 0 fully saturated rings. The van der Waals surface area contributed by atoms with Crippen LogP contribution in [0.3, 0.4) is 0 Å². The molecule has 0 aromatic heterocycles. The van der Waals surface area contributed by atoms with Crippen LogP contribution >= 0.6 is 0 Å². The Bertz CT molecular complexity index is 774. The van der Waals surface area contributed by atoms with Gasteiger partial charge in [-0.1, -0.05) is 0 Å². The first kappa shape index (κ1) is 16.1. The Morgan fingerprint density at radius 1 is 1.22 bits per heavy atom. The number of anilines is 4. The van der Waals surface area contributed by atoms with E-state index in [2.05, 4.69) is 5.32 Å². The van der Waals surface area contributed by atoms with Crippen molar-refractivity contribution in [3.8, 4) is 0 Å². The lowest BCUT2D eigenvalue weighted by Crippen LogP contribution is -2.11. The van der Waals surface area contributed by atoms with E-state index in [0.717, 1.165) is 0 Å². The Morgan fingerprint density at radius 3 is 2.43 bits per heavy atom. The third kappa shape index (κ3) is 3.49. The van der Waals surface area contributed by atoms with E-state index in [1.54, 1.807) is 31.1 Å². The van der Waals surface area contributed by atoms with E-state index < -0.39 is 10.9 Å². The molecule has 0 atom stereocenters. The molecule has 0 amide bonds. The minimum atomic E-state index is -1.13. The van der Waals surface area contributed by atoms with Crippen LogP contribution in [-0.2, 0) is 0 Å². The topological polar surface area (TPSA) is 122 Å². The van der Waals surface area contributed by atoms with Crippen molar-refractivity contribution in [2.24, 2.45) is 0 Å². The van der Waals surface area contributed by atoms with Crippen molar-refractivity contribution in [2.45, 2.75) is 0 Å². The maximum Gasteiger partial charge on any atom is 0.337 e. The Morgan fingerprint density at radius 2 is 1.87 bits per heavy atom. The lowest BCUT2D eigenvalue weighted by Gasteiger charge is -2.16. The second kappa shape index (κ2) is 6.22.